The van der Waals surface area contributed by atoms with Gasteiger partial charge in [0.25, 0.3) is 0 Å². The second kappa shape index (κ2) is 4.37. The van der Waals surface area contributed by atoms with Crippen LogP contribution in [0.25, 0.3) is 0 Å². The first-order valence-electron chi connectivity index (χ1n) is 5.10. The lowest BCUT2D eigenvalue weighted by Crippen LogP contribution is -2.35. The molecule has 0 aromatic carbocycles. The van der Waals surface area contributed by atoms with Crippen LogP contribution in [0, 0.1) is 0 Å². The molecule has 1 aliphatic rings. The van der Waals surface area contributed by atoms with Crippen LogP contribution in [0.2, 0.25) is 0 Å². The van der Waals surface area contributed by atoms with E-state index in [1.807, 2.05) is 0 Å². The normalized spacial score (nSPS) is 20.6. The highest BCUT2D eigenvalue weighted by atomic mass is 16.1. The zero-order valence-corrected chi connectivity index (χ0v) is 8.15. The van der Waals surface area contributed by atoms with E-state index in [9.17, 15) is 4.79 Å². The number of aromatic nitrogens is 2. The summed E-state index contributed by atoms with van der Waals surface area (Å²) in [7, 11) is 0. The summed E-state index contributed by atoms with van der Waals surface area (Å²) in [5.41, 5.74) is 0. The summed E-state index contributed by atoms with van der Waals surface area (Å²) in [4.78, 5) is 20.3. The first-order chi connectivity index (χ1) is 6.92. The molecule has 2 rings (SSSR count). The maximum atomic E-state index is 11.0. The number of piperidine rings is 1. The van der Waals surface area contributed by atoms with E-state index in [1.165, 1.54) is 19.3 Å². The number of aldehydes is 1. The Kier molecular flexibility index (Phi) is 2.93. The lowest BCUT2D eigenvalue weighted by molar-refractivity contribution is -0.113. The summed E-state index contributed by atoms with van der Waals surface area (Å²) in [5, 5.41) is 0. The highest BCUT2D eigenvalue weighted by Crippen LogP contribution is 2.19. The van der Waals surface area contributed by atoms with Gasteiger partial charge in [0, 0.05) is 12.4 Å². The van der Waals surface area contributed by atoms with E-state index < -0.39 is 0 Å². The molecule has 4 nitrogen and oxygen atoms in total. The van der Waals surface area contributed by atoms with Gasteiger partial charge in [0.2, 0.25) is 0 Å². The molecule has 1 aliphatic heterocycles. The Hall–Kier alpha value is -1.16. The molecule has 2 heterocycles. The lowest BCUT2D eigenvalue weighted by atomic mass is 10.1. The third kappa shape index (κ3) is 1.85. The topological polar surface area (TPSA) is 49.0 Å². The van der Waals surface area contributed by atoms with E-state index in [4.69, 9.17) is 0 Å². The minimum atomic E-state index is -0.176. The Morgan fingerprint density at radius 1 is 1.43 bits per heavy atom. The van der Waals surface area contributed by atoms with Crippen molar-refractivity contribution in [1.29, 1.82) is 0 Å². The van der Waals surface area contributed by atoms with Crippen LogP contribution in [0.4, 0.5) is 0 Å². The summed E-state index contributed by atoms with van der Waals surface area (Å²) < 4.78 is 0. The van der Waals surface area contributed by atoms with Crippen LogP contribution in [0.1, 0.15) is 31.1 Å². The third-order valence-corrected chi connectivity index (χ3v) is 2.71. The van der Waals surface area contributed by atoms with Gasteiger partial charge in [-0.2, -0.15) is 0 Å². The number of imidazole rings is 1. The zero-order chi connectivity index (χ0) is 9.80. The predicted octanol–water partition coefficient (Wildman–Crippen LogP) is 1.14. The first-order valence-corrected chi connectivity index (χ1v) is 5.10. The Labute approximate surface area is 83.3 Å². The van der Waals surface area contributed by atoms with Gasteiger partial charge in [-0.15, -0.1) is 0 Å². The number of H-pyrrole nitrogens is 1. The molecule has 0 spiro atoms. The number of nitrogens with one attached hydrogen (secondary N) is 1. The molecule has 1 fully saturated rings. The average molecular weight is 193 g/mol. The summed E-state index contributed by atoms with van der Waals surface area (Å²) >= 11 is 0. The number of carbonyl (C=O) groups is 1. The molecule has 1 saturated heterocycles. The molecular formula is C10H15N3O. The van der Waals surface area contributed by atoms with E-state index in [2.05, 4.69) is 14.9 Å². The fraction of sp³-hybridized carbons (Fsp3) is 0.600. The van der Waals surface area contributed by atoms with Crippen LogP contribution < -0.4 is 0 Å². The lowest BCUT2D eigenvalue weighted by Gasteiger charge is -2.30. The van der Waals surface area contributed by atoms with Crippen LogP contribution in [0.5, 0.6) is 0 Å². The van der Waals surface area contributed by atoms with Gasteiger partial charge in [0.15, 0.2) is 0 Å². The zero-order valence-electron chi connectivity index (χ0n) is 8.15. The quantitative estimate of drug-likeness (QED) is 0.732. The molecule has 1 aromatic heterocycles. The summed E-state index contributed by atoms with van der Waals surface area (Å²) in [6, 6.07) is -0.176. The van der Waals surface area contributed by atoms with Crippen molar-refractivity contribution in [2.24, 2.45) is 0 Å². The molecule has 1 N–H and O–H groups in total. The van der Waals surface area contributed by atoms with Crippen molar-refractivity contribution in [2.45, 2.75) is 25.3 Å². The van der Waals surface area contributed by atoms with E-state index in [1.54, 1.807) is 12.4 Å². The molecule has 4 heteroatoms. The number of likely N-dealkylation sites (tertiary alicyclic amines) is 1. The second-order valence-corrected chi connectivity index (χ2v) is 3.65. The summed E-state index contributed by atoms with van der Waals surface area (Å²) in [6.45, 7) is 2.01. The van der Waals surface area contributed by atoms with Gasteiger partial charge in [0.05, 0.1) is 0 Å². The molecule has 0 radical (unpaired) electrons. The van der Waals surface area contributed by atoms with E-state index >= 15 is 0 Å². The summed E-state index contributed by atoms with van der Waals surface area (Å²) in [6.07, 6.45) is 8.08. The highest BCUT2D eigenvalue weighted by Gasteiger charge is 2.22. The first kappa shape index (κ1) is 9.40. The molecule has 0 saturated carbocycles. The third-order valence-electron chi connectivity index (χ3n) is 2.71. The summed E-state index contributed by atoms with van der Waals surface area (Å²) in [5.74, 6) is 0.766. The van der Waals surface area contributed by atoms with Gasteiger partial charge in [-0.25, -0.2) is 4.98 Å². The molecule has 0 amide bonds. The second-order valence-electron chi connectivity index (χ2n) is 3.65. The highest BCUT2D eigenvalue weighted by molar-refractivity contribution is 5.59. The standard InChI is InChI=1S/C10H15N3O/c14-8-9(10-11-4-5-12-10)13-6-2-1-3-7-13/h4-5,8-9H,1-3,6-7H2,(H,11,12). The Morgan fingerprint density at radius 2 is 2.21 bits per heavy atom. The maximum absolute atomic E-state index is 11.0. The number of hydrogen-bond donors (Lipinski definition) is 1. The molecule has 76 valence electrons. The van der Waals surface area contributed by atoms with Gasteiger partial charge in [-0.3, -0.25) is 4.90 Å². The van der Waals surface area contributed by atoms with Crippen molar-refractivity contribution in [3.63, 3.8) is 0 Å². The van der Waals surface area contributed by atoms with Gasteiger partial charge in [-0.05, 0) is 25.9 Å². The Balaban J connectivity index is 2.08. The minimum absolute atomic E-state index is 0.176. The van der Waals surface area contributed by atoms with Crippen molar-refractivity contribution < 1.29 is 4.79 Å². The van der Waals surface area contributed by atoms with E-state index in [0.717, 1.165) is 25.2 Å². The fourth-order valence-corrected chi connectivity index (χ4v) is 1.96. The maximum Gasteiger partial charge on any atom is 0.144 e. The van der Waals surface area contributed by atoms with Gasteiger partial charge in [-0.1, -0.05) is 6.42 Å². The van der Waals surface area contributed by atoms with Crippen molar-refractivity contribution in [3.8, 4) is 0 Å². The molecule has 0 bridgehead atoms. The molecule has 1 aromatic rings. The minimum Gasteiger partial charge on any atom is -0.347 e. The molecule has 1 unspecified atom stereocenters. The monoisotopic (exact) mass is 193 g/mol. The number of carbonyl (C=O) groups excluding carboxylic acids is 1. The van der Waals surface area contributed by atoms with Crippen LogP contribution in [0.15, 0.2) is 12.4 Å². The Bertz CT molecular complexity index is 278. The van der Waals surface area contributed by atoms with Crippen molar-refractivity contribution in [1.82, 2.24) is 14.9 Å². The largest absolute Gasteiger partial charge is 0.347 e. The van der Waals surface area contributed by atoms with Crippen LogP contribution >= 0.6 is 0 Å². The number of nitrogens with zero attached hydrogens (tertiary/aromatic N) is 2. The number of rotatable bonds is 3. The Morgan fingerprint density at radius 3 is 2.79 bits per heavy atom. The van der Waals surface area contributed by atoms with Gasteiger partial charge >= 0.3 is 0 Å². The van der Waals surface area contributed by atoms with Crippen molar-refractivity contribution in [2.75, 3.05) is 13.1 Å². The van der Waals surface area contributed by atoms with Crippen LogP contribution in [-0.2, 0) is 4.79 Å². The number of hydrogen-bond acceptors (Lipinski definition) is 3. The van der Waals surface area contributed by atoms with E-state index in [-0.39, 0.29) is 6.04 Å². The molecule has 14 heavy (non-hydrogen) atoms. The fourth-order valence-electron chi connectivity index (χ4n) is 1.96. The molecule has 0 aliphatic carbocycles. The van der Waals surface area contributed by atoms with Crippen molar-refractivity contribution >= 4 is 6.29 Å². The van der Waals surface area contributed by atoms with Crippen LogP contribution in [0.3, 0.4) is 0 Å². The van der Waals surface area contributed by atoms with E-state index in [0.29, 0.717) is 0 Å². The molecular weight excluding hydrogens is 178 g/mol. The number of aromatic amines is 1. The van der Waals surface area contributed by atoms with Crippen molar-refractivity contribution in [3.05, 3.63) is 18.2 Å². The predicted molar refractivity (Wildman–Crippen MR) is 52.8 cm³/mol. The van der Waals surface area contributed by atoms with Gasteiger partial charge < -0.3 is 9.78 Å². The van der Waals surface area contributed by atoms with Gasteiger partial charge in [0.1, 0.15) is 18.2 Å². The van der Waals surface area contributed by atoms with Crippen LogP contribution in [-0.4, -0.2) is 34.2 Å². The smallest absolute Gasteiger partial charge is 0.144 e. The SMILES string of the molecule is O=CC(c1ncc[nH]1)N1CCCCC1. The molecule has 1 atom stereocenters. The average Bonchev–Trinajstić information content (AvgIpc) is 2.74.